The number of carbonyl (C=O) groups excluding carboxylic acids is 3. The van der Waals surface area contributed by atoms with E-state index in [0.29, 0.717) is 31.2 Å². The minimum Gasteiger partial charge on any atom is -0.462 e. The molecule has 0 amide bonds. The molecule has 0 spiro atoms. The SMILES string of the molecule is O=CCC[C@@H]1[C@H]2CC(=O)O[C@H]2C[C@H]1OC(=O)c1ccccc1. The molecule has 1 saturated heterocycles. The summed E-state index contributed by atoms with van der Waals surface area (Å²) in [6.45, 7) is 0. The number of fused-ring (bicyclic) bond motifs is 1. The molecule has 3 rings (SSSR count). The van der Waals surface area contributed by atoms with E-state index in [0.717, 1.165) is 6.29 Å². The minimum atomic E-state index is -0.368. The Labute approximate surface area is 128 Å². The average molecular weight is 302 g/mol. The van der Waals surface area contributed by atoms with Crippen LogP contribution in [0.2, 0.25) is 0 Å². The van der Waals surface area contributed by atoms with Crippen molar-refractivity contribution < 1.29 is 23.9 Å². The van der Waals surface area contributed by atoms with E-state index in [-0.39, 0.29) is 36.0 Å². The molecule has 116 valence electrons. The van der Waals surface area contributed by atoms with Gasteiger partial charge in [0.25, 0.3) is 0 Å². The maximum Gasteiger partial charge on any atom is 0.338 e. The van der Waals surface area contributed by atoms with E-state index in [2.05, 4.69) is 0 Å². The van der Waals surface area contributed by atoms with Gasteiger partial charge in [-0.25, -0.2) is 4.79 Å². The lowest BCUT2D eigenvalue weighted by atomic mass is 9.88. The zero-order valence-electron chi connectivity index (χ0n) is 12.1. The quantitative estimate of drug-likeness (QED) is 0.615. The van der Waals surface area contributed by atoms with Gasteiger partial charge in [-0.1, -0.05) is 18.2 Å². The molecule has 0 radical (unpaired) electrons. The van der Waals surface area contributed by atoms with E-state index in [9.17, 15) is 14.4 Å². The van der Waals surface area contributed by atoms with Crippen molar-refractivity contribution in [1.82, 2.24) is 0 Å². The van der Waals surface area contributed by atoms with E-state index in [1.807, 2.05) is 6.07 Å². The molecular weight excluding hydrogens is 284 g/mol. The lowest BCUT2D eigenvalue weighted by Crippen LogP contribution is -2.26. The first-order chi connectivity index (χ1) is 10.7. The second-order valence-corrected chi connectivity index (χ2v) is 5.85. The first-order valence-corrected chi connectivity index (χ1v) is 7.58. The van der Waals surface area contributed by atoms with Crippen molar-refractivity contribution in [3.05, 3.63) is 35.9 Å². The molecule has 0 N–H and O–H groups in total. The molecule has 5 nitrogen and oxygen atoms in total. The molecule has 1 aromatic rings. The van der Waals surface area contributed by atoms with Crippen LogP contribution in [0.3, 0.4) is 0 Å². The van der Waals surface area contributed by atoms with Crippen molar-refractivity contribution in [2.24, 2.45) is 11.8 Å². The van der Waals surface area contributed by atoms with Crippen LogP contribution in [0.1, 0.15) is 36.0 Å². The van der Waals surface area contributed by atoms with Crippen molar-refractivity contribution in [3.8, 4) is 0 Å². The lowest BCUT2D eigenvalue weighted by molar-refractivity contribution is -0.141. The normalized spacial score (nSPS) is 29.7. The maximum atomic E-state index is 12.2. The monoisotopic (exact) mass is 302 g/mol. The Hall–Kier alpha value is -2.17. The predicted molar refractivity (Wildman–Crippen MR) is 77.0 cm³/mol. The van der Waals surface area contributed by atoms with Gasteiger partial charge >= 0.3 is 11.9 Å². The lowest BCUT2D eigenvalue weighted by Gasteiger charge is -2.22. The van der Waals surface area contributed by atoms with Crippen LogP contribution in [0.5, 0.6) is 0 Å². The van der Waals surface area contributed by atoms with Crippen LogP contribution in [0, 0.1) is 11.8 Å². The standard InChI is InChI=1S/C17H18O5/c18-8-4-7-12-13-9-16(19)21-15(13)10-14(12)22-17(20)11-5-2-1-3-6-11/h1-3,5-6,8,12-15H,4,7,9-10H2/t12-,13-,14-,15+/m1/s1. The van der Waals surface area contributed by atoms with Crippen molar-refractivity contribution in [2.75, 3.05) is 0 Å². The molecule has 1 aromatic carbocycles. The van der Waals surface area contributed by atoms with Crippen molar-refractivity contribution in [1.29, 1.82) is 0 Å². The predicted octanol–water partition coefficient (Wildman–Crippen LogP) is 2.14. The van der Waals surface area contributed by atoms with Gasteiger partial charge in [-0.05, 0) is 18.6 Å². The third-order valence-corrected chi connectivity index (χ3v) is 4.54. The van der Waals surface area contributed by atoms with Crippen LogP contribution in [-0.2, 0) is 19.1 Å². The summed E-state index contributed by atoms with van der Waals surface area (Å²) >= 11 is 0. The number of esters is 2. The third-order valence-electron chi connectivity index (χ3n) is 4.54. The van der Waals surface area contributed by atoms with Gasteiger partial charge in [-0.2, -0.15) is 0 Å². The van der Waals surface area contributed by atoms with Gasteiger partial charge in [0.1, 0.15) is 18.5 Å². The Morgan fingerprint density at radius 1 is 1.32 bits per heavy atom. The summed E-state index contributed by atoms with van der Waals surface area (Å²) in [5.41, 5.74) is 0.505. The number of carbonyl (C=O) groups is 3. The zero-order chi connectivity index (χ0) is 15.5. The topological polar surface area (TPSA) is 69.7 Å². The van der Waals surface area contributed by atoms with Gasteiger partial charge in [-0.3, -0.25) is 4.79 Å². The Balaban J connectivity index is 1.70. The summed E-state index contributed by atoms with van der Waals surface area (Å²) < 4.78 is 10.9. The molecule has 2 aliphatic rings. The van der Waals surface area contributed by atoms with Crippen LogP contribution in [0.4, 0.5) is 0 Å². The summed E-state index contributed by atoms with van der Waals surface area (Å²) in [6.07, 6.45) is 2.29. The van der Waals surface area contributed by atoms with Crippen LogP contribution in [0.15, 0.2) is 30.3 Å². The van der Waals surface area contributed by atoms with Crippen LogP contribution < -0.4 is 0 Å². The van der Waals surface area contributed by atoms with E-state index in [4.69, 9.17) is 9.47 Å². The molecule has 5 heteroatoms. The number of rotatable bonds is 5. The molecule has 1 heterocycles. The fourth-order valence-electron chi connectivity index (χ4n) is 3.53. The van der Waals surface area contributed by atoms with Crippen molar-refractivity contribution in [2.45, 2.75) is 37.9 Å². The number of hydrogen-bond donors (Lipinski definition) is 0. The maximum absolute atomic E-state index is 12.2. The van der Waals surface area contributed by atoms with Gasteiger partial charge in [0.05, 0.1) is 12.0 Å². The Morgan fingerprint density at radius 2 is 2.09 bits per heavy atom. The average Bonchev–Trinajstić information content (AvgIpc) is 3.02. The molecule has 1 aliphatic heterocycles. The Bertz CT molecular complexity index is 568. The van der Waals surface area contributed by atoms with Gasteiger partial charge in [-0.15, -0.1) is 0 Å². The van der Waals surface area contributed by atoms with E-state index < -0.39 is 0 Å². The number of hydrogen-bond acceptors (Lipinski definition) is 5. The molecule has 1 saturated carbocycles. The van der Waals surface area contributed by atoms with E-state index >= 15 is 0 Å². The number of aldehydes is 1. The third kappa shape index (κ3) is 2.89. The molecule has 2 fully saturated rings. The van der Waals surface area contributed by atoms with Crippen molar-refractivity contribution in [3.63, 3.8) is 0 Å². The highest BCUT2D eigenvalue weighted by Crippen LogP contribution is 2.44. The number of benzene rings is 1. The van der Waals surface area contributed by atoms with Gasteiger partial charge < -0.3 is 14.3 Å². The highest BCUT2D eigenvalue weighted by molar-refractivity contribution is 5.89. The number of ether oxygens (including phenoxy) is 2. The first kappa shape index (κ1) is 14.8. The molecular formula is C17H18O5. The van der Waals surface area contributed by atoms with Gasteiger partial charge in [0.2, 0.25) is 0 Å². The van der Waals surface area contributed by atoms with Gasteiger partial charge in [0.15, 0.2) is 0 Å². The highest BCUT2D eigenvalue weighted by Gasteiger charge is 2.51. The molecule has 0 unspecified atom stereocenters. The Kier molecular flexibility index (Phi) is 4.22. The molecule has 0 aromatic heterocycles. The van der Waals surface area contributed by atoms with Crippen molar-refractivity contribution >= 4 is 18.2 Å². The second kappa shape index (κ2) is 6.30. The second-order valence-electron chi connectivity index (χ2n) is 5.85. The molecule has 4 atom stereocenters. The highest BCUT2D eigenvalue weighted by atomic mass is 16.6. The summed E-state index contributed by atoms with van der Waals surface area (Å²) in [5.74, 6) is -0.498. The van der Waals surface area contributed by atoms with Gasteiger partial charge in [0, 0.05) is 24.7 Å². The summed E-state index contributed by atoms with van der Waals surface area (Å²) in [4.78, 5) is 34.3. The zero-order valence-corrected chi connectivity index (χ0v) is 12.1. The molecule has 0 bridgehead atoms. The summed E-state index contributed by atoms with van der Waals surface area (Å²) in [7, 11) is 0. The summed E-state index contributed by atoms with van der Waals surface area (Å²) in [5, 5.41) is 0. The Morgan fingerprint density at radius 3 is 2.82 bits per heavy atom. The van der Waals surface area contributed by atoms with Crippen LogP contribution >= 0.6 is 0 Å². The summed E-state index contributed by atoms with van der Waals surface area (Å²) in [6, 6.07) is 8.82. The molecule has 22 heavy (non-hydrogen) atoms. The largest absolute Gasteiger partial charge is 0.462 e. The van der Waals surface area contributed by atoms with E-state index in [1.165, 1.54) is 0 Å². The minimum absolute atomic E-state index is 0.00862. The van der Waals surface area contributed by atoms with Crippen LogP contribution in [0.25, 0.3) is 0 Å². The first-order valence-electron chi connectivity index (χ1n) is 7.58. The smallest absolute Gasteiger partial charge is 0.338 e. The fraction of sp³-hybridized carbons (Fsp3) is 0.471. The van der Waals surface area contributed by atoms with E-state index in [1.54, 1.807) is 24.3 Å². The van der Waals surface area contributed by atoms with Crippen LogP contribution in [-0.4, -0.2) is 30.4 Å². The fourth-order valence-corrected chi connectivity index (χ4v) is 3.53. The molecule has 1 aliphatic carbocycles.